The van der Waals surface area contributed by atoms with Crippen LogP contribution in [0.3, 0.4) is 0 Å². The lowest BCUT2D eigenvalue weighted by Gasteiger charge is -1.93. The van der Waals surface area contributed by atoms with Gasteiger partial charge in [0, 0.05) is 6.16 Å². The van der Waals surface area contributed by atoms with Gasteiger partial charge in [0.1, 0.15) is 0 Å². The lowest BCUT2D eigenvalue weighted by atomic mass is 10.2. The normalized spacial score (nSPS) is 11.7. The predicted molar refractivity (Wildman–Crippen MR) is 48.6 cm³/mol. The Hall–Kier alpha value is -0.300. The molecule has 0 heterocycles. The van der Waals surface area contributed by atoms with Gasteiger partial charge >= 0.3 is 0 Å². The van der Waals surface area contributed by atoms with Crippen molar-refractivity contribution in [1.29, 1.82) is 0 Å². The van der Waals surface area contributed by atoms with Crippen LogP contribution in [-0.2, 0) is 10.7 Å². The third-order valence-corrected chi connectivity index (χ3v) is 1.91. The van der Waals surface area contributed by atoms with Crippen molar-refractivity contribution in [3.63, 3.8) is 0 Å². The zero-order chi connectivity index (χ0) is 7.40. The van der Waals surface area contributed by atoms with Gasteiger partial charge < -0.3 is 4.89 Å². The molecular formula is C7H10ClO2P. The largest absolute Gasteiger partial charge is 0.346 e. The quantitative estimate of drug-likeness (QED) is 0.729. The molecule has 1 rings (SSSR count). The summed E-state index contributed by atoms with van der Waals surface area (Å²) in [5.41, 5.74) is 0.925. The summed E-state index contributed by atoms with van der Waals surface area (Å²) in [5.74, 6) is 0. The van der Waals surface area contributed by atoms with Crippen LogP contribution in [0.15, 0.2) is 30.3 Å². The van der Waals surface area contributed by atoms with Gasteiger partial charge in [-0.05, 0) is 5.56 Å². The molecule has 0 spiro atoms. The Morgan fingerprint density at radius 2 is 1.82 bits per heavy atom. The van der Waals surface area contributed by atoms with E-state index in [9.17, 15) is 4.57 Å². The molecule has 62 valence electrons. The SMILES string of the molecule is Cl.O=[PH](O)Cc1ccccc1. The molecule has 0 aliphatic rings. The highest BCUT2D eigenvalue weighted by Crippen LogP contribution is 2.20. The van der Waals surface area contributed by atoms with Gasteiger partial charge in [-0.1, -0.05) is 30.3 Å². The zero-order valence-corrected chi connectivity index (χ0v) is 7.67. The minimum absolute atomic E-state index is 0. The Kier molecular flexibility index (Phi) is 5.22. The van der Waals surface area contributed by atoms with Crippen LogP contribution in [-0.4, -0.2) is 4.89 Å². The van der Waals surface area contributed by atoms with Gasteiger partial charge in [-0.15, -0.1) is 12.4 Å². The number of rotatable bonds is 2. The first kappa shape index (κ1) is 10.7. The summed E-state index contributed by atoms with van der Waals surface area (Å²) < 4.78 is 10.4. The Balaban J connectivity index is 0.000001000. The summed E-state index contributed by atoms with van der Waals surface area (Å²) in [4.78, 5) is 8.55. The van der Waals surface area contributed by atoms with Crippen molar-refractivity contribution in [2.75, 3.05) is 0 Å². The van der Waals surface area contributed by atoms with E-state index < -0.39 is 8.03 Å². The van der Waals surface area contributed by atoms with Crippen LogP contribution < -0.4 is 0 Å². The maximum atomic E-state index is 10.4. The lowest BCUT2D eigenvalue weighted by Crippen LogP contribution is -1.75. The number of halogens is 1. The second-order valence-corrected chi connectivity index (χ2v) is 3.20. The van der Waals surface area contributed by atoms with E-state index in [-0.39, 0.29) is 12.4 Å². The standard InChI is InChI=1S/C7H9O2P.ClH/c8-10(9)6-7-4-2-1-3-5-7;/h1-5,10H,6H2,(H,8,9);1H. The topological polar surface area (TPSA) is 37.3 Å². The monoisotopic (exact) mass is 192 g/mol. The highest BCUT2D eigenvalue weighted by atomic mass is 35.5. The van der Waals surface area contributed by atoms with E-state index >= 15 is 0 Å². The number of benzene rings is 1. The maximum absolute atomic E-state index is 10.4. The van der Waals surface area contributed by atoms with Crippen molar-refractivity contribution in [1.82, 2.24) is 0 Å². The van der Waals surface area contributed by atoms with E-state index in [4.69, 9.17) is 4.89 Å². The third-order valence-electron chi connectivity index (χ3n) is 1.20. The molecule has 1 N–H and O–H groups in total. The van der Waals surface area contributed by atoms with Crippen LogP contribution in [0.5, 0.6) is 0 Å². The van der Waals surface area contributed by atoms with Crippen LogP contribution in [0, 0.1) is 0 Å². The fraction of sp³-hybridized carbons (Fsp3) is 0.143. The van der Waals surface area contributed by atoms with Crippen molar-refractivity contribution >= 4 is 20.4 Å². The summed E-state index contributed by atoms with van der Waals surface area (Å²) in [6.07, 6.45) is 0.297. The van der Waals surface area contributed by atoms with Crippen LogP contribution >= 0.6 is 20.4 Å². The first-order chi connectivity index (χ1) is 4.79. The molecule has 2 nitrogen and oxygen atoms in total. The van der Waals surface area contributed by atoms with Crippen LogP contribution in [0.4, 0.5) is 0 Å². The predicted octanol–water partition coefficient (Wildman–Crippen LogP) is 2.08. The third kappa shape index (κ3) is 4.20. The van der Waals surface area contributed by atoms with Crippen LogP contribution in [0.1, 0.15) is 5.56 Å². The molecule has 0 aromatic heterocycles. The van der Waals surface area contributed by atoms with Gasteiger partial charge in [-0.2, -0.15) is 0 Å². The molecule has 4 heteroatoms. The Labute approximate surface area is 72.5 Å². The molecule has 0 saturated carbocycles. The minimum atomic E-state index is -2.34. The first-order valence-electron chi connectivity index (χ1n) is 3.05. The van der Waals surface area contributed by atoms with E-state index in [0.717, 1.165) is 5.56 Å². The average Bonchev–Trinajstić information content (AvgIpc) is 1.88. The lowest BCUT2D eigenvalue weighted by molar-refractivity contribution is 0.502. The number of hydrogen-bond acceptors (Lipinski definition) is 1. The van der Waals surface area contributed by atoms with E-state index in [1.54, 1.807) is 0 Å². The summed E-state index contributed by atoms with van der Waals surface area (Å²) in [5, 5.41) is 0. The fourth-order valence-electron chi connectivity index (χ4n) is 0.770. The van der Waals surface area contributed by atoms with Gasteiger partial charge in [0.15, 0.2) is 8.03 Å². The molecule has 1 atom stereocenters. The summed E-state index contributed by atoms with van der Waals surface area (Å²) in [7, 11) is -2.34. The van der Waals surface area contributed by atoms with Gasteiger partial charge in [0.05, 0.1) is 0 Å². The molecular weight excluding hydrogens is 183 g/mol. The fourth-order valence-corrected chi connectivity index (χ4v) is 1.36. The molecule has 0 amide bonds. The maximum Gasteiger partial charge on any atom is 0.193 e. The summed E-state index contributed by atoms with van der Waals surface area (Å²) >= 11 is 0. The average molecular weight is 193 g/mol. The molecule has 1 unspecified atom stereocenters. The molecule has 0 aliphatic carbocycles. The van der Waals surface area contributed by atoms with Crippen LogP contribution in [0.25, 0.3) is 0 Å². The molecule has 0 bridgehead atoms. The summed E-state index contributed by atoms with van der Waals surface area (Å²) in [6.45, 7) is 0. The van der Waals surface area contributed by atoms with Crippen molar-refractivity contribution in [2.45, 2.75) is 6.16 Å². The van der Waals surface area contributed by atoms with Crippen LogP contribution in [0.2, 0.25) is 0 Å². The summed E-state index contributed by atoms with van der Waals surface area (Å²) in [6, 6.07) is 9.30. The molecule has 1 aromatic rings. The molecule has 1 aromatic carbocycles. The Bertz CT molecular complexity index is 225. The van der Waals surface area contributed by atoms with Crippen molar-refractivity contribution in [3.05, 3.63) is 35.9 Å². The van der Waals surface area contributed by atoms with Gasteiger partial charge in [0.25, 0.3) is 0 Å². The molecule has 0 radical (unpaired) electrons. The van der Waals surface area contributed by atoms with Gasteiger partial charge in [0.2, 0.25) is 0 Å². The Morgan fingerprint density at radius 1 is 1.27 bits per heavy atom. The van der Waals surface area contributed by atoms with E-state index in [0.29, 0.717) is 6.16 Å². The number of hydrogen-bond donors (Lipinski definition) is 1. The van der Waals surface area contributed by atoms with Crippen molar-refractivity contribution in [2.24, 2.45) is 0 Å². The first-order valence-corrected chi connectivity index (χ1v) is 4.61. The Morgan fingerprint density at radius 3 is 2.27 bits per heavy atom. The highest BCUT2D eigenvalue weighted by Gasteiger charge is 1.93. The van der Waals surface area contributed by atoms with Crippen molar-refractivity contribution in [3.8, 4) is 0 Å². The molecule has 11 heavy (non-hydrogen) atoms. The van der Waals surface area contributed by atoms with E-state index in [2.05, 4.69) is 0 Å². The van der Waals surface area contributed by atoms with Gasteiger partial charge in [-0.3, -0.25) is 4.57 Å². The van der Waals surface area contributed by atoms with E-state index in [1.807, 2.05) is 30.3 Å². The molecule has 0 saturated heterocycles. The minimum Gasteiger partial charge on any atom is -0.346 e. The second-order valence-electron chi connectivity index (χ2n) is 2.06. The molecule has 0 fully saturated rings. The van der Waals surface area contributed by atoms with Crippen molar-refractivity contribution < 1.29 is 9.46 Å². The van der Waals surface area contributed by atoms with Gasteiger partial charge in [-0.25, -0.2) is 0 Å². The molecule has 0 aliphatic heterocycles. The zero-order valence-electron chi connectivity index (χ0n) is 5.86. The highest BCUT2D eigenvalue weighted by molar-refractivity contribution is 7.37. The smallest absolute Gasteiger partial charge is 0.193 e. The second kappa shape index (κ2) is 5.36. The van der Waals surface area contributed by atoms with E-state index in [1.165, 1.54) is 0 Å².